The maximum Gasteiger partial charge on any atom is 0.365 e. The Morgan fingerprint density at radius 2 is 1.70 bits per heavy atom. The fourth-order valence-electron chi connectivity index (χ4n) is 2.50. The number of hydrogen-bond acceptors (Lipinski definition) is 4. The molecule has 0 unspecified atom stereocenters. The maximum atomic E-state index is 12.2. The first-order chi connectivity index (χ1) is 14.3. The van der Waals surface area contributed by atoms with Crippen LogP contribution in [0.25, 0.3) is 0 Å². The van der Waals surface area contributed by atoms with Crippen molar-refractivity contribution in [3.05, 3.63) is 98.0 Å². The predicted octanol–water partition coefficient (Wildman–Crippen LogP) is 6.01. The first-order valence-electron chi connectivity index (χ1n) is 8.81. The Labute approximate surface area is 188 Å². The summed E-state index contributed by atoms with van der Waals surface area (Å²) in [5, 5.41) is 5.11. The van der Waals surface area contributed by atoms with E-state index in [-0.39, 0.29) is 5.84 Å². The molecule has 0 saturated heterocycles. The molecule has 0 radical (unpaired) electrons. The fourth-order valence-corrected chi connectivity index (χ4v) is 3.12. The van der Waals surface area contributed by atoms with Gasteiger partial charge in [-0.3, -0.25) is 0 Å². The largest absolute Gasteiger partial charge is 0.489 e. The highest BCUT2D eigenvalue weighted by atomic mass is 35.5. The molecule has 0 saturated carbocycles. The second-order valence-corrected chi connectivity index (χ2v) is 7.63. The number of amidine groups is 1. The van der Waals surface area contributed by atoms with Gasteiger partial charge in [0, 0.05) is 15.6 Å². The van der Waals surface area contributed by atoms with E-state index in [0.717, 1.165) is 11.1 Å². The van der Waals surface area contributed by atoms with E-state index in [9.17, 15) is 4.79 Å². The molecular formula is C22H17Cl3N2O3. The zero-order chi connectivity index (χ0) is 21.7. The van der Waals surface area contributed by atoms with Gasteiger partial charge in [0.15, 0.2) is 5.84 Å². The van der Waals surface area contributed by atoms with Gasteiger partial charge in [-0.25, -0.2) is 4.79 Å². The Bertz CT molecular complexity index is 1100. The number of halogens is 3. The number of carbonyl (C=O) groups excluding carboxylic acids is 1. The summed E-state index contributed by atoms with van der Waals surface area (Å²) in [4.78, 5) is 17.1. The number of ether oxygens (including phenoxy) is 1. The Kier molecular flexibility index (Phi) is 7.21. The Hall–Kier alpha value is -2.73. The second-order valence-electron chi connectivity index (χ2n) is 6.38. The van der Waals surface area contributed by atoms with Crippen molar-refractivity contribution >= 4 is 46.6 Å². The lowest BCUT2D eigenvalue weighted by molar-refractivity contribution is 0.0516. The summed E-state index contributed by atoms with van der Waals surface area (Å²) in [6.45, 7) is 2.25. The summed E-state index contributed by atoms with van der Waals surface area (Å²) in [6.07, 6.45) is 0. The minimum Gasteiger partial charge on any atom is -0.489 e. The monoisotopic (exact) mass is 462 g/mol. The lowest BCUT2D eigenvalue weighted by Crippen LogP contribution is -2.15. The lowest BCUT2D eigenvalue weighted by atomic mass is 10.1. The van der Waals surface area contributed by atoms with Gasteiger partial charge >= 0.3 is 5.97 Å². The highest BCUT2D eigenvalue weighted by molar-refractivity contribution is 6.36. The minimum atomic E-state index is -0.649. The van der Waals surface area contributed by atoms with Crippen LogP contribution in [-0.2, 0) is 11.4 Å². The Balaban J connectivity index is 1.59. The summed E-state index contributed by atoms with van der Waals surface area (Å²) in [6, 6.07) is 17.0. The highest BCUT2D eigenvalue weighted by Crippen LogP contribution is 2.22. The highest BCUT2D eigenvalue weighted by Gasteiger charge is 2.10. The van der Waals surface area contributed by atoms with Gasteiger partial charge in [0.2, 0.25) is 0 Å². The molecule has 0 aliphatic rings. The van der Waals surface area contributed by atoms with Crippen LogP contribution in [0.4, 0.5) is 0 Å². The molecule has 0 spiro atoms. The van der Waals surface area contributed by atoms with Crippen LogP contribution < -0.4 is 10.5 Å². The summed E-state index contributed by atoms with van der Waals surface area (Å²) in [7, 11) is 0. The summed E-state index contributed by atoms with van der Waals surface area (Å²) < 4.78 is 5.74. The number of carbonyl (C=O) groups is 1. The topological polar surface area (TPSA) is 73.9 Å². The molecule has 5 nitrogen and oxygen atoms in total. The van der Waals surface area contributed by atoms with Gasteiger partial charge in [-0.1, -0.05) is 52.1 Å². The van der Waals surface area contributed by atoms with Crippen molar-refractivity contribution in [3.8, 4) is 5.75 Å². The molecule has 2 N–H and O–H groups in total. The summed E-state index contributed by atoms with van der Waals surface area (Å²) in [5.74, 6) is 0.0307. The van der Waals surface area contributed by atoms with Gasteiger partial charge in [-0.2, -0.15) is 0 Å². The lowest BCUT2D eigenvalue weighted by Gasteiger charge is -2.08. The van der Waals surface area contributed by atoms with E-state index in [1.807, 2.05) is 13.0 Å². The van der Waals surface area contributed by atoms with E-state index >= 15 is 0 Å². The summed E-state index contributed by atoms with van der Waals surface area (Å²) in [5.41, 5.74) is 8.39. The molecule has 0 aliphatic heterocycles. The van der Waals surface area contributed by atoms with Gasteiger partial charge in [0.1, 0.15) is 12.4 Å². The Morgan fingerprint density at radius 3 is 2.37 bits per heavy atom. The van der Waals surface area contributed by atoms with Crippen molar-refractivity contribution in [2.24, 2.45) is 10.9 Å². The number of oxime groups is 1. The van der Waals surface area contributed by atoms with Crippen molar-refractivity contribution in [1.29, 1.82) is 0 Å². The van der Waals surface area contributed by atoms with Gasteiger partial charge in [0.25, 0.3) is 0 Å². The number of benzene rings is 3. The molecule has 0 fully saturated rings. The van der Waals surface area contributed by atoms with Crippen molar-refractivity contribution in [1.82, 2.24) is 0 Å². The maximum absolute atomic E-state index is 12.2. The van der Waals surface area contributed by atoms with Gasteiger partial charge in [0.05, 0.1) is 10.6 Å². The molecule has 3 aromatic carbocycles. The van der Waals surface area contributed by atoms with E-state index in [2.05, 4.69) is 5.16 Å². The van der Waals surface area contributed by atoms with Crippen molar-refractivity contribution < 1.29 is 14.4 Å². The summed E-state index contributed by atoms with van der Waals surface area (Å²) >= 11 is 17.9. The quantitative estimate of drug-likeness (QED) is 0.210. The third kappa shape index (κ3) is 5.66. The average Bonchev–Trinajstić information content (AvgIpc) is 2.73. The van der Waals surface area contributed by atoms with Crippen LogP contribution in [0.1, 0.15) is 27.0 Å². The SMILES string of the molecule is Cc1cc(OCc2ccc(C(=O)O/N=C(\N)c3ccc(Cl)cc3Cl)cc2)ccc1Cl. The van der Waals surface area contributed by atoms with E-state index in [1.165, 1.54) is 6.07 Å². The van der Waals surface area contributed by atoms with Crippen LogP contribution in [0.2, 0.25) is 15.1 Å². The number of nitrogens with two attached hydrogens (primary N) is 1. The Morgan fingerprint density at radius 1 is 0.967 bits per heavy atom. The van der Waals surface area contributed by atoms with Gasteiger partial charge in [-0.15, -0.1) is 0 Å². The molecule has 0 aromatic heterocycles. The molecule has 154 valence electrons. The number of aryl methyl sites for hydroxylation is 1. The van der Waals surface area contributed by atoms with E-state index in [1.54, 1.807) is 48.5 Å². The van der Waals surface area contributed by atoms with Crippen LogP contribution in [0.15, 0.2) is 65.8 Å². The van der Waals surface area contributed by atoms with Crippen molar-refractivity contribution in [2.75, 3.05) is 0 Å². The third-order valence-electron chi connectivity index (χ3n) is 4.16. The van der Waals surface area contributed by atoms with Crippen LogP contribution in [-0.4, -0.2) is 11.8 Å². The zero-order valence-corrected chi connectivity index (χ0v) is 18.1. The number of hydrogen-bond donors (Lipinski definition) is 1. The van der Waals surface area contributed by atoms with E-state index in [0.29, 0.717) is 38.6 Å². The molecule has 0 aliphatic carbocycles. The molecular weight excluding hydrogens is 447 g/mol. The molecule has 0 heterocycles. The van der Waals surface area contributed by atoms with Crippen molar-refractivity contribution in [3.63, 3.8) is 0 Å². The van der Waals surface area contributed by atoms with Crippen molar-refractivity contribution in [2.45, 2.75) is 13.5 Å². The van der Waals surface area contributed by atoms with Gasteiger partial charge < -0.3 is 15.3 Å². The smallest absolute Gasteiger partial charge is 0.365 e. The van der Waals surface area contributed by atoms with Crippen LogP contribution in [0.5, 0.6) is 5.75 Å². The first kappa shape index (κ1) is 22.0. The minimum absolute atomic E-state index is 0.0340. The van der Waals surface area contributed by atoms with E-state index < -0.39 is 5.97 Å². The second kappa shape index (κ2) is 9.85. The molecule has 0 amide bonds. The van der Waals surface area contributed by atoms with Gasteiger partial charge in [-0.05, 0) is 66.6 Å². The normalized spacial score (nSPS) is 11.3. The standard InChI is InChI=1S/C22H17Cl3N2O3/c1-13-10-17(7-9-19(13)24)29-12-14-2-4-15(5-3-14)22(28)30-27-21(26)18-8-6-16(23)11-20(18)25/h2-11H,12H2,1H3,(H2,26,27). The molecule has 3 rings (SSSR count). The van der Waals surface area contributed by atoms with Crippen LogP contribution in [0.3, 0.4) is 0 Å². The molecule has 30 heavy (non-hydrogen) atoms. The first-order valence-corrected chi connectivity index (χ1v) is 9.95. The molecule has 3 aromatic rings. The zero-order valence-electron chi connectivity index (χ0n) is 15.9. The fraction of sp³-hybridized carbons (Fsp3) is 0.0909. The number of nitrogens with zero attached hydrogens (tertiary/aromatic N) is 1. The predicted molar refractivity (Wildman–Crippen MR) is 120 cm³/mol. The molecule has 0 bridgehead atoms. The average molecular weight is 464 g/mol. The molecule has 0 atom stereocenters. The van der Waals surface area contributed by atoms with E-state index in [4.69, 9.17) is 50.1 Å². The third-order valence-corrected chi connectivity index (χ3v) is 5.13. The number of rotatable bonds is 6. The molecule has 8 heteroatoms. The van der Waals surface area contributed by atoms with Crippen LogP contribution in [0, 0.1) is 6.92 Å². The van der Waals surface area contributed by atoms with Crippen LogP contribution >= 0.6 is 34.8 Å².